The van der Waals surface area contributed by atoms with Gasteiger partial charge in [0.2, 0.25) is 0 Å². The zero-order chi connectivity index (χ0) is 20.1. The largest absolute Gasteiger partial charge is 0.396 e. The van der Waals surface area contributed by atoms with Gasteiger partial charge in [-0.05, 0) is 23.8 Å². The predicted octanol–water partition coefficient (Wildman–Crippen LogP) is 3.27. The van der Waals surface area contributed by atoms with Crippen LogP contribution >= 0.6 is 46.4 Å². The van der Waals surface area contributed by atoms with Crippen LogP contribution in [0.15, 0.2) is 18.2 Å². The summed E-state index contributed by atoms with van der Waals surface area (Å²) in [7, 11) is 0. The first-order valence-corrected chi connectivity index (χ1v) is 8.92. The molecule has 0 bridgehead atoms. The van der Waals surface area contributed by atoms with E-state index in [9.17, 15) is 0 Å². The molecule has 0 aliphatic rings. The number of aliphatic hydroxyl groups excluding tert-OH is 3. The molecule has 2 rings (SSSR count). The van der Waals surface area contributed by atoms with Crippen molar-refractivity contribution in [2.75, 3.05) is 19.8 Å². The molecule has 7 nitrogen and oxygen atoms in total. The summed E-state index contributed by atoms with van der Waals surface area (Å²) in [6, 6.07) is 4.77. The lowest BCUT2D eigenvalue weighted by atomic mass is 10.1. The SMILES string of the molecule is CC(CO)CO.CC(CO)c1cc(Cl)nnc1Cl.Clc1ccc(Cl)nn1. The van der Waals surface area contributed by atoms with Gasteiger partial charge in [-0.1, -0.05) is 60.3 Å². The number of hydrogen-bond acceptors (Lipinski definition) is 7. The summed E-state index contributed by atoms with van der Waals surface area (Å²) in [5.74, 6) is -0.0181. The van der Waals surface area contributed by atoms with Crippen LogP contribution in [0.5, 0.6) is 0 Å². The average molecular weight is 446 g/mol. The standard InChI is InChI=1S/C7H8Cl2N2O.C4H2Cl2N2.C4H10O2/c1-4(3-12)5-2-6(8)10-11-7(5)9;5-3-1-2-4(6)8-7-3;1-4(2-5)3-6/h2,4,12H,3H2,1H3;1-2H;4-6H,2-3H2,1H3. The highest BCUT2D eigenvalue weighted by Gasteiger charge is 2.10. The van der Waals surface area contributed by atoms with Gasteiger partial charge in [0.05, 0.1) is 0 Å². The Morgan fingerprint density at radius 2 is 1.23 bits per heavy atom. The van der Waals surface area contributed by atoms with Crippen molar-refractivity contribution in [2.24, 2.45) is 5.92 Å². The third kappa shape index (κ3) is 11.0. The van der Waals surface area contributed by atoms with Crippen molar-refractivity contribution in [2.45, 2.75) is 19.8 Å². The molecule has 0 spiro atoms. The zero-order valence-corrected chi connectivity index (χ0v) is 17.2. The Morgan fingerprint density at radius 3 is 1.58 bits per heavy atom. The van der Waals surface area contributed by atoms with Crippen LogP contribution < -0.4 is 0 Å². The van der Waals surface area contributed by atoms with Crippen molar-refractivity contribution < 1.29 is 15.3 Å². The Hall–Kier alpha value is -0.800. The minimum absolute atomic E-state index is 0.0156. The average Bonchev–Trinajstić information content (AvgIpc) is 2.65. The molecule has 1 unspecified atom stereocenters. The number of aliphatic hydroxyl groups is 3. The number of rotatable bonds is 4. The topological polar surface area (TPSA) is 112 Å². The van der Waals surface area contributed by atoms with Gasteiger partial charge in [0.15, 0.2) is 20.6 Å². The second kappa shape index (κ2) is 14.3. The molecule has 2 aromatic rings. The Bertz CT molecular complexity index is 610. The molecule has 2 heterocycles. The summed E-state index contributed by atoms with van der Waals surface area (Å²) in [6.45, 7) is 3.79. The minimum Gasteiger partial charge on any atom is -0.396 e. The first kappa shape index (κ1) is 25.2. The molecule has 0 aliphatic heterocycles. The van der Waals surface area contributed by atoms with E-state index in [1.54, 1.807) is 25.1 Å². The molecular formula is C15H20Cl4N4O3. The van der Waals surface area contributed by atoms with Gasteiger partial charge in [0.1, 0.15) is 0 Å². The van der Waals surface area contributed by atoms with E-state index in [2.05, 4.69) is 20.4 Å². The van der Waals surface area contributed by atoms with E-state index in [-0.39, 0.29) is 36.8 Å². The number of hydrogen-bond donors (Lipinski definition) is 3. The summed E-state index contributed by atoms with van der Waals surface area (Å²) in [4.78, 5) is 0. The van der Waals surface area contributed by atoms with E-state index in [4.69, 9.17) is 61.7 Å². The van der Waals surface area contributed by atoms with Crippen molar-refractivity contribution in [3.05, 3.63) is 44.4 Å². The molecule has 0 saturated carbocycles. The smallest absolute Gasteiger partial charge is 0.155 e. The monoisotopic (exact) mass is 444 g/mol. The molecule has 0 fully saturated rings. The van der Waals surface area contributed by atoms with E-state index in [1.165, 1.54) is 0 Å². The van der Waals surface area contributed by atoms with Crippen molar-refractivity contribution in [3.8, 4) is 0 Å². The normalized spacial score (nSPS) is 11.2. The molecule has 0 aliphatic carbocycles. The lowest BCUT2D eigenvalue weighted by Gasteiger charge is -2.08. The minimum atomic E-state index is -0.0644. The van der Waals surface area contributed by atoms with Crippen LogP contribution in [-0.2, 0) is 0 Å². The molecule has 1 atom stereocenters. The third-order valence-electron chi connectivity index (χ3n) is 2.77. The fraction of sp³-hybridized carbons (Fsp3) is 0.467. The number of halogens is 4. The highest BCUT2D eigenvalue weighted by molar-refractivity contribution is 6.32. The van der Waals surface area contributed by atoms with Gasteiger partial charge < -0.3 is 15.3 Å². The Kier molecular flexibility index (Phi) is 13.8. The summed E-state index contributed by atoms with van der Waals surface area (Å²) < 4.78 is 0. The van der Waals surface area contributed by atoms with Crippen molar-refractivity contribution in [3.63, 3.8) is 0 Å². The molecule has 146 valence electrons. The maximum Gasteiger partial charge on any atom is 0.155 e. The highest BCUT2D eigenvalue weighted by Crippen LogP contribution is 2.23. The molecule has 3 N–H and O–H groups in total. The van der Waals surface area contributed by atoms with Gasteiger partial charge in [-0.25, -0.2) is 0 Å². The van der Waals surface area contributed by atoms with Crippen molar-refractivity contribution >= 4 is 46.4 Å². The van der Waals surface area contributed by atoms with Crippen LogP contribution in [-0.4, -0.2) is 55.5 Å². The second-order valence-electron chi connectivity index (χ2n) is 5.15. The molecule has 0 radical (unpaired) electrons. The van der Waals surface area contributed by atoms with Gasteiger partial charge in [0.25, 0.3) is 0 Å². The Labute approximate surface area is 171 Å². The fourth-order valence-electron chi connectivity index (χ4n) is 1.17. The first-order valence-electron chi connectivity index (χ1n) is 7.41. The van der Waals surface area contributed by atoms with Gasteiger partial charge in [-0.2, -0.15) is 0 Å². The maximum absolute atomic E-state index is 8.85. The van der Waals surface area contributed by atoms with Gasteiger partial charge in [0, 0.05) is 31.7 Å². The van der Waals surface area contributed by atoms with Crippen molar-refractivity contribution in [1.82, 2.24) is 20.4 Å². The zero-order valence-electron chi connectivity index (χ0n) is 14.2. The van der Waals surface area contributed by atoms with E-state index in [0.29, 0.717) is 15.5 Å². The van der Waals surface area contributed by atoms with Crippen LogP contribution in [0.3, 0.4) is 0 Å². The molecule has 0 aromatic carbocycles. The first-order chi connectivity index (χ1) is 12.2. The predicted molar refractivity (Wildman–Crippen MR) is 103 cm³/mol. The molecular weight excluding hydrogens is 426 g/mol. The van der Waals surface area contributed by atoms with Crippen LogP contribution in [0.2, 0.25) is 20.6 Å². The summed E-state index contributed by atoms with van der Waals surface area (Å²) in [5.41, 5.74) is 0.721. The Balaban J connectivity index is 0.000000388. The number of nitrogens with zero attached hydrogens (tertiary/aromatic N) is 4. The number of aromatic nitrogens is 4. The summed E-state index contributed by atoms with van der Waals surface area (Å²) in [6.07, 6.45) is 0. The Morgan fingerprint density at radius 1 is 0.769 bits per heavy atom. The van der Waals surface area contributed by atoms with Crippen LogP contribution in [0.25, 0.3) is 0 Å². The maximum atomic E-state index is 8.85. The molecule has 26 heavy (non-hydrogen) atoms. The van der Waals surface area contributed by atoms with E-state index >= 15 is 0 Å². The van der Waals surface area contributed by atoms with E-state index in [0.717, 1.165) is 5.56 Å². The summed E-state index contributed by atoms with van der Waals surface area (Å²) >= 11 is 22.1. The fourth-order valence-corrected chi connectivity index (χ4v) is 1.80. The molecule has 2 aromatic heterocycles. The third-order valence-corrected chi connectivity index (χ3v) is 3.66. The van der Waals surface area contributed by atoms with Gasteiger partial charge in [-0.3, -0.25) is 0 Å². The highest BCUT2D eigenvalue weighted by atomic mass is 35.5. The second-order valence-corrected chi connectivity index (χ2v) is 6.67. The quantitative estimate of drug-likeness (QED) is 0.661. The van der Waals surface area contributed by atoms with E-state index < -0.39 is 0 Å². The van der Waals surface area contributed by atoms with E-state index in [1.807, 2.05) is 6.92 Å². The van der Waals surface area contributed by atoms with Gasteiger partial charge in [-0.15, -0.1) is 20.4 Å². The van der Waals surface area contributed by atoms with Gasteiger partial charge >= 0.3 is 0 Å². The lowest BCUT2D eigenvalue weighted by molar-refractivity contribution is 0.162. The molecule has 11 heteroatoms. The summed E-state index contributed by atoms with van der Waals surface area (Å²) in [5, 5.41) is 40.6. The van der Waals surface area contributed by atoms with Crippen LogP contribution in [0.1, 0.15) is 25.3 Å². The van der Waals surface area contributed by atoms with Crippen LogP contribution in [0.4, 0.5) is 0 Å². The molecule has 0 saturated heterocycles. The molecule has 0 amide bonds. The lowest BCUT2D eigenvalue weighted by Crippen LogP contribution is -2.04. The van der Waals surface area contributed by atoms with Crippen molar-refractivity contribution in [1.29, 1.82) is 0 Å². The van der Waals surface area contributed by atoms with Crippen LogP contribution in [0, 0.1) is 5.92 Å².